The highest BCUT2D eigenvalue weighted by Gasteiger charge is 2.36. The zero-order chi connectivity index (χ0) is 13.1. The van der Waals surface area contributed by atoms with Crippen molar-refractivity contribution in [1.29, 1.82) is 0 Å². The molecule has 0 aromatic heterocycles. The van der Waals surface area contributed by atoms with Crippen LogP contribution in [0.4, 0.5) is 0 Å². The van der Waals surface area contributed by atoms with E-state index in [2.05, 4.69) is 26.1 Å². The zero-order valence-corrected chi connectivity index (χ0v) is 12.3. The van der Waals surface area contributed by atoms with E-state index in [1.807, 2.05) is 0 Å². The molecule has 0 bridgehead atoms. The van der Waals surface area contributed by atoms with Crippen molar-refractivity contribution < 1.29 is 9.47 Å². The summed E-state index contributed by atoms with van der Waals surface area (Å²) < 4.78 is 11.4. The zero-order valence-electron chi connectivity index (χ0n) is 12.3. The van der Waals surface area contributed by atoms with Gasteiger partial charge in [0.2, 0.25) is 0 Å². The van der Waals surface area contributed by atoms with Gasteiger partial charge in [-0.2, -0.15) is 0 Å². The highest BCUT2D eigenvalue weighted by Crippen LogP contribution is 2.38. The Balaban J connectivity index is 1.93. The number of nitrogens with one attached hydrogen (secondary N) is 1. The molecule has 3 heteroatoms. The second-order valence-electron chi connectivity index (χ2n) is 7.06. The molecule has 1 atom stereocenters. The summed E-state index contributed by atoms with van der Waals surface area (Å²) in [5, 5.41) is 3.70. The second kappa shape index (κ2) is 5.89. The van der Waals surface area contributed by atoms with Crippen LogP contribution in [0, 0.1) is 5.41 Å². The number of hydrogen-bond acceptors (Lipinski definition) is 3. The van der Waals surface area contributed by atoms with Gasteiger partial charge in [0.05, 0.1) is 6.10 Å². The Morgan fingerprint density at radius 3 is 2.44 bits per heavy atom. The van der Waals surface area contributed by atoms with Gasteiger partial charge < -0.3 is 14.8 Å². The van der Waals surface area contributed by atoms with Crippen molar-refractivity contribution in [1.82, 2.24) is 5.32 Å². The van der Waals surface area contributed by atoms with Gasteiger partial charge in [0, 0.05) is 31.9 Å². The van der Waals surface area contributed by atoms with E-state index in [4.69, 9.17) is 9.47 Å². The first-order valence-electron chi connectivity index (χ1n) is 7.44. The Bertz CT molecular complexity index is 248. The van der Waals surface area contributed by atoms with E-state index in [-0.39, 0.29) is 5.54 Å². The monoisotopic (exact) mass is 255 g/mol. The van der Waals surface area contributed by atoms with Gasteiger partial charge in [0.15, 0.2) is 0 Å². The maximum absolute atomic E-state index is 5.84. The third-order valence-electron chi connectivity index (χ3n) is 4.23. The Labute approximate surface area is 112 Å². The fourth-order valence-corrected chi connectivity index (χ4v) is 3.00. The van der Waals surface area contributed by atoms with Gasteiger partial charge in [-0.25, -0.2) is 0 Å². The summed E-state index contributed by atoms with van der Waals surface area (Å²) in [5.74, 6) is 0. The Kier molecular flexibility index (Phi) is 4.68. The van der Waals surface area contributed by atoms with Crippen LogP contribution in [0.25, 0.3) is 0 Å². The standard InChI is InChI=1S/C15H29NO2/c1-14(2,3)16-12-15(6-9-17-10-7-15)11-13-5-4-8-18-13/h13,16H,4-12H2,1-3H3. The van der Waals surface area contributed by atoms with Gasteiger partial charge in [-0.3, -0.25) is 0 Å². The molecule has 0 spiro atoms. The summed E-state index contributed by atoms with van der Waals surface area (Å²) in [6, 6.07) is 0. The lowest BCUT2D eigenvalue weighted by Gasteiger charge is -2.41. The van der Waals surface area contributed by atoms with Crippen molar-refractivity contribution in [2.75, 3.05) is 26.4 Å². The van der Waals surface area contributed by atoms with Crippen LogP contribution in [0.3, 0.4) is 0 Å². The first-order chi connectivity index (χ1) is 8.49. The summed E-state index contributed by atoms with van der Waals surface area (Å²) >= 11 is 0. The third-order valence-corrected chi connectivity index (χ3v) is 4.23. The van der Waals surface area contributed by atoms with Crippen molar-refractivity contribution >= 4 is 0 Å². The molecule has 1 unspecified atom stereocenters. The largest absolute Gasteiger partial charge is 0.381 e. The van der Waals surface area contributed by atoms with Crippen molar-refractivity contribution in [2.45, 2.75) is 64.5 Å². The Morgan fingerprint density at radius 1 is 1.17 bits per heavy atom. The molecule has 2 saturated heterocycles. The van der Waals surface area contributed by atoms with E-state index in [0.29, 0.717) is 11.5 Å². The van der Waals surface area contributed by atoms with Crippen LogP contribution in [0.15, 0.2) is 0 Å². The van der Waals surface area contributed by atoms with Crippen molar-refractivity contribution in [3.8, 4) is 0 Å². The minimum absolute atomic E-state index is 0.196. The van der Waals surface area contributed by atoms with Gasteiger partial charge in [-0.1, -0.05) is 0 Å². The summed E-state index contributed by atoms with van der Waals surface area (Å²) in [5.41, 5.74) is 0.586. The molecular formula is C15H29NO2. The average Bonchev–Trinajstić information content (AvgIpc) is 2.80. The molecule has 0 amide bonds. The summed E-state index contributed by atoms with van der Waals surface area (Å²) in [6.07, 6.45) is 6.54. The van der Waals surface area contributed by atoms with Crippen LogP contribution < -0.4 is 5.32 Å². The molecule has 0 aromatic rings. The van der Waals surface area contributed by atoms with Gasteiger partial charge in [0.1, 0.15) is 0 Å². The van der Waals surface area contributed by atoms with Gasteiger partial charge in [0.25, 0.3) is 0 Å². The smallest absolute Gasteiger partial charge is 0.0581 e. The van der Waals surface area contributed by atoms with E-state index in [0.717, 1.165) is 26.4 Å². The normalized spacial score (nSPS) is 28.5. The molecule has 1 N–H and O–H groups in total. The lowest BCUT2D eigenvalue weighted by atomic mass is 9.75. The van der Waals surface area contributed by atoms with Crippen LogP contribution in [-0.2, 0) is 9.47 Å². The molecule has 2 heterocycles. The molecule has 2 aliphatic heterocycles. The molecule has 2 aliphatic rings. The molecule has 18 heavy (non-hydrogen) atoms. The molecule has 0 radical (unpaired) electrons. The predicted octanol–water partition coefficient (Wildman–Crippen LogP) is 2.74. The molecule has 3 nitrogen and oxygen atoms in total. The van der Waals surface area contributed by atoms with Gasteiger partial charge in [-0.05, 0) is 58.3 Å². The second-order valence-corrected chi connectivity index (χ2v) is 7.06. The number of rotatable bonds is 4. The highest BCUT2D eigenvalue weighted by atomic mass is 16.5. The SMILES string of the molecule is CC(C)(C)NCC1(CC2CCCO2)CCOCC1. The first kappa shape index (κ1) is 14.3. The average molecular weight is 255 g/mol. The van der Waals surface area contributed by atoms with Gasteiger partial charge >= 0.3 is 0 Å². The lowest BCUT2D eigenvalue weighted by molar-refractivity contribution is -0.0214. The summed E-state index contributed by atoms with van der Waals surface area (Å²) in [4.78, 5) is 0. The van der Waals surface area contributed by atoms with E-state index in [1.54, 1.807) is 0 Å². The number of ether oxygens (including phenoxy) is 2. The van der Waals surface area contributed by atoms with Crippen LogP contribution in [0.1, 0.15) is 52.9 Å². The third kappa shape index (κ3) is 4.22. The minimum Gasteiger partial charge on any atom is -0.381 e. The Hall–Kier alpha value is -0.120. The summed E-state index contributed by atoms with van der Waals surface area (Å²) in [6.45, 7) is 10.6. The van der Waals surface area contributed by atoms with Crippen molar-refractivity contribution in [3.63, 3.8) is 0 Å². The predicted molar refractivity (Wildman–Crippen MR) is 73.8 cm³/mol. The van der Waals surface area contributed by atoms with E-state index >= 15 is 0 Å². The number of hydrogen-bond donors (Lipinski definition) is 1. The van der Waals surface area contributed by atoms with Crippen molar-refractivity contribution in [2.24, 2.45) is 5.41 Å². The van der Waals surface area contributed by atoms with E-state index in [9.17, 15) is 0 Å². The van der Waals surface area contributed by atoms with Crippen LogP contribution in [-0.4, -0.2) is 38.0 Å². The Morgan fingerprint density at radius 2 is 1.89 bits per heavy atom. The maximum Gasteiger partial charge on any atom is 0.0581 e. The van der Waals surface area contributed by atoms with E-state index in [1.165, 1.54) is 32.1 Å². The van der Waals surface area contributed by atoms with Crippen LogP contribution >= 0.6 is 0 Å². The van der Waals surface area contributed by atoms with Crippen LogP contribution in [0.2, 0.25) is 0 Å². The fraction of sp³-hybridized carbons (Fsp3) is 1.00. The van der Waals surface area contributed by atoms with E-state index < -0.39 is 0 Å². The topological polar surface area (TPSA) is 30.5 Å². The molecule has 106 valence electrons. The van der Waals surface area contributed by atoms with Gasteiger partial charge in [-0.15, -0.1) is 0 Å². The minimum atomic E-state index is 0.196. The first-order valence-corrected chi connectivity index (χ1v) is 7.44. The molecule has 2 fully saturated rings. The molecular weight excluding hydrogens is 226 g/mol. The highest BCUT2D eigenvalue weighted by molar-refractivity contribution is 4.89. The summed E-state index contributed by atoms with van der Waals surface area (Å²) in [7, 11) is 0. The molecule has 0 saturated carbocycles. The van der Waals surface area contributed by atoms with Crippen LogP contribution in [0.5, 0.6) is 0 Å². The molecule has 0 aromatic carbocycles. The molecule has 0 aliphatic carbocycles. The maximum atomic E-state index is 5.84. The lowest BCUT2D eigenvalue weighted by Crippen LogP contribution is -2.47. The molecule has 2 rings (SSSR count). The van der Waals surface area contributed by atoms with Crippen molar-refractivity contribution in [3.05, 3.63) is 0 Å². The quantitative estimate of drug-likeness (QED) is 0.838. The fourth-order valence-electron chi connectivity index (χ4n) is 3.00.